The fraction of sp³-hybridized carbons (Fsp3) is 0.364. The van der Waals surface area contributed by atoms with E-state index in [0.717, 1.165) is 18.4 Å². The van der Waals surface area contributed by atoms with Crippen LogP contribution in [0.2, 0.25) is 0 Å². The molecule has 1 aliphatic rings. The molecule has 1 fully saturated rings. The number of hydrogen-bond acceptors (Lipinski definition) is 2. The van der Waals surface area contributed by atoms with Gasteiger partial charge in [0.25, 0.3) is 0 Å². The summed E-state index contributed by atoms with van der Waals surface area (Å²) in [7, 11) is -3.40. The first-order valence-electron chi connectivity index (χ1n) is 9.52. The Hall–Kier alpha value is -2.11. The summed E-state index contributed by atoms with van der Waals surface area (Å²) in [5.74, 6) is 0.377. The number of aromatic amines is 1. The lowest BCUT2D eigenvalue weighted by molar-refractivity contribution is 0.317. The maximum Gasteiger partial charge on any atom is 0.243 e. The number of aromatic nitrogens is 1. The normalized spacial score (nSPS) is 16.9. The fourth-order valence-corrected chi connectivity index (χ4v) is 5.58. The van der Waals surface area contributed by atoms with Gasteiger partial charge in [0.05, 0.1) is 4.90 Å². The standard InChI is InChI=1S/C22H26N2O2S/c1-15-4-7-19(8-5-15)27(25,26)24-12-10-18(11-13-24)22-17(3)20-14-16(2)6-9-21(20)23-22/h4-9,14,18,23H,10-13H2,1-3H3. The number of piperidine rings is 1. The van der Waals surface area contributed by atoms with Gasteiger partial charge in [0.2, 0.25) is 10.0 Å². The summed E-state index contributed by atoms with van der Waals surface area (Å²) in [6, 6.07) is 13.6. The minimum atomic E-state index is -3.40. The third-order valence-electron chi connectivity index (χ3n) is 5.77. The quantitative estimate of drug-likeness (QED) is 0.716. The fourth-order valence-electron chi connectivity index (χ4n) is 4.11. The van der Waals surface area contributed by atoms with Crippen LogP contribution in [-0.4, -0.2) is 30.8 Å². The Morgan fingerprint density at radius 3 is 2.22 bits per heavy atom. The highest BCUT2D eigenvalue weighted by Crippen LogP contribution is 2.35. The Morgan fingerprint density at radius 2 is 1.56 bits per heavy atom. The van der Waals surface area contributed by atoms with Gasteiger partial charge in [0.1, 0.15) is 0 Å². The molecule has 142 valence electrons. The number of sulfonamides is 1. The van der Waals surface area contributed by atoms with Gasteiger partial charge in [-0.25, -0.2) is 8.42 Å². The number of H-pyrrole nitrogens is 1. The second-order valence-corrected chi connectivity index (χ2v) is 9.64. The molecule has 0 atom stereocenters. The topological polar surface area (TPSA) is 53.2 Å². The molecule has 1 N–H and O–H groups in total. The van der Waals surface area contributed by atoms with Crippen molar-refractivity contribution in [3.8, 4) is 0 Å². The average Bonchev–Trinajstić information content (AvgIpc) is 2.98. The molecule has 1 aromatic heterocycles. The molecule has 0 spiro atoms. The first kappa shape index (κ1) is 18.3. The van der Waals surface area contributed by atoms with E-state index >= 15 is 0 Å². The molecular formula is C22H26N2O2S. The molecule has 0 amide bonds. The molecule has 27 heavy (non-hydrogen) atoms. The lowest BCUT2D eigenvalue weighted by atomic mass is 9.92. The van der Waals surface area contributed by atoms with Crippen LogP contribution in [0.15, 0.2) is 47.4 Å². The Kier molecular flexibility index (Phi) is 4.60. The van der Waals surface area contributed by atoms with Gasteiger partial charge in [0, 0.05) is 35.6 Å². The minimum Gasteiger partial charge on any atom is -0.358 e. The molecular weight excluding hydrogens is 356 g/mol. The summed E-state index contributed by atoms with van der Waals surface area (Å²) in [5.41, 5.74) is 6.06. The predicted molar refractivity (Wildman–Crippen MR) is 110 cm³/mol. The van der Waals surface area contributed by atoms with Crippen LogP contribution in [0, 0.1) is 20.8 Å². The van der Waals surface area contributed by atoms with E-state index in [-0.39, 0.29) is 0 Å². The van der Waals surface area contributed by atoms with Crippen molar-refractivity contribution >= 4 is 20.9 Å². The van der Waals surface area contributed by atoms with Crippen molar-refractivity contribution in [1.29, 1.82) is 0 Å². The zero-order chi connectivity index (χ0) is 19.2. The molecule has 0 unspecified atom stereocenters. The van der Waals surface area contributed by atoms with Crippen molar-refractivity contribution in [3.63, 3.8) is 0 Å². The highest BCUT2D eigenvalue weighted by Gasteiger charge is 2.31. The third-order valence-corrected chi connectivity index (χ3v) is 7.69. The van der Waals surface area contributed by atoms with Crippen LogP contribution in [-0.2, 0) is 10.0 Å². The van der Waals surface area contributed by atoms with E-state index in [4.69, 9.17) is 0 Å². The molecule has 0 radical (unpaired) electrons. The van der Waals surface area contributed by atoms with Gasteiger partial charge in [-0.3, -0.25) is 0 Å². The second-order valence-electron chi connectivity index (χ2n) is 7.70. The zero-order valence-corrected chi connectivity index (χ0v) is 16.9. The van der Waals surface area contributed by atoms with Crippen molar-refractivity contribution in [3.05, 3.63) is 64.8 Å². The van der Waals surface area contributed by atoms with Crippen LogP contribution >= 0.6 is 0 Å². The van der Waals surface area contributed by atoms with Crippen molar-refractivity contribution in [2.45, 2.75) is 44.4 Å². The summed E-state index contributed by atoms with van der Waals surface area (Å²) in [4.78, 5) is 3.98. The summed E-state index contributed by atoms with van der Waals surface area (Å²) in [6.45, 7) is 7.37. The van der Waals surface area contributed by atoms with E-state index in [9.17, 15) is 8.42 Å². The van der Waals surface area contributed by atoms with Crippen molar-refractivity contribution in [2.75, 3.05) is 13.1 Å². The van der Waals surface area contributed by atoms with Gasteiger partial charge < -0.3 is 4.98 Å². The number of benzene rings is 2. The van der Waals surface area contributed by atoms with E-state index in [0.29, 0.717) is 23.9 Å². The van der Waals surface area contributed by atoms with Gasteiger partial charge in [-0.2, -0.15) is 4.31 Å². The van der Waals surface area contributed by atoms with Crippen molar-refractivity contribution < 1.29 is 8.42 Å². The first-order chi connectivity index (χ1) is 12.9. The molecule has 5 heteroatoms. The monoisotopic (exact) mass is 382 g/mol. The third kappa shape index (κ3) is 3.30. The van der Waals surface area contributed by atoms with Crippen LogP contribution in [0.5, 0.6) is 0 Å². The zero-order valence-electron chi connectivity index (χ0n) is 16.1. The van der Waals surface area contributed by atoms with E-state index in [2.05, 4.69) is 37.0 Å². The van der Waals surface area contributed by atoms with Gasteiger partial charge in [-0.15, -0.1) is 0 Å². The van der Waals surface area contributed by atoms with E-state index in [1.807, 2.05) is 19.1 Å². The van der Waals surface area contributed by atoms with Crippen LogP contribution in [0.4, 0.5) is 0 Å². The molecule has 4 rings (SSSR count). The maximum absolute atomic E-state index is 12.9. The molecule has 2 aromatic carbocycles. The van der Waals surface area contributed by atoms with E-state index in [1.54, 1.807) is 16.4 Å². The molecule has 0 saturated carbocycles. The summed E-state index contributed by atoms with van der Waals surface area (Å²) in [6.07, 6.45) is 1.69. The Labute approximate surface area is 161 Å². The smallest absolute Gasteiger partial charge is 0.243 e. The number of fused-ring (bicyclic) bond motifs is 1. The lowest BCUT2D eigenvalue weighted by Gasteiger charge is -2.31. The minimum absolute atomic E-state index is 0.377. The predicted octanol–water partition coefficient (Wildman–Crippen LogP) is 4.66. The largest absolute Gasteiger partial charge is 0.358 e. The van der Waals surface area contributed by atoms with Crippen LogP contribution in [0.3, 0.4) is 0 Å². The van der Waals surface area contributed by atoms with Gasteiger partial charge in [-0.1, -0.05) is 29.3 Å². The van der Waals surface area contributed by atoms with Crippen LogP contribution in [0.1, 0.15) is 41.1 Å². The Bertz CT molecular complexity index is 1070. The maximum atomic E-state index is 12.9. The second kappa shape index (κ2) is 6.80. The molecule has 0 aliphatic carbocycles. The van der Waals surface area contributed by atoms with Crippen LogP contribution in [0.25, 0.3) is 10.9 Å². The van der Waals surface area contributed by atoms with Gasteiger partial charge in [-0.05, 0) is 63.4 Å². The summed E-state index contributed by atoms with van der Waals surface area (Å²) in [5, 5.41) is 1.28. The number of nitrogens with zero attached hydrogens (tertiary/aromatic N) is 1. The highest BCUT2D eigenvalue weighted by molar-refractivity contribution is 7.89. The first-order valence-corrected chi connectivity index (χ1v) is 11.0. The van der Waals surface area contributed by atoms with Crippen LogP contribution < -0.4 is 0 Å². The summed E-state index contributed by atoms with van der Waals surface area (Å²) < 4.78 is 27.4. The van der Waals surface area contributed by atoms with E-state index < -0.39 is 10.0 Å². The van der Waals surface area contributed by atoms with Crippen molar-refractivity contribution in [1.82, 2.24) is 9.29 Å². The SMILES string of the molecule is Cc1ccc(S(=O)(=O)N2CCC(c3[nH]c4ccc(C)cc4c3C)CC2)cc1. The van der Waals surface area contributed by atoms with Gasteiger partial charge in [0.15, 0.2) is 0 Å². The number of nitrogens with one attached hydrogen (secondary N) is 1. The molecule has 1 saturated heterocycles. The molecule has 1 aliphatic heterocycles. The lowest BCUT2D eigenvalue weighted by Crippen LogP contribution is -2.38. The van der Waals surface area contributed by atoms with E-state index in [1.165, 1.54) is 27.7 Å². The molecule has 3 aromatic rings. The number of aryl methyl sites for hydroxylation is 3. The number of hydrogen-bond donors (Lipinski definition) is 1. The van der Waals surface area contributed by atoms with Crippen molar-refractivity contribution in [2.24, 2.45) is 0 Å². The average molecular weight is 383 g/mol. The molecule has 0 bridgehead atoms. The summed E-state index contributed by atoms with van der Waals surface area (Å²) >= 11 is 0. The van der Waals surface area contributed by atoms with Gasteiger partial charge >= 0.3 is 0 Å². The Morgan fingerprint density at radius 1 is 0.926 bits per heavy atom. The molecule has 2 heterocycles. The highest BCUT2D eigenvalue weighted by atomic mass is 32.2. The Balaban J connectivity index is 1.54. The number of rotatable bonds is 3. The molecule has 4 nitrogen and oxygen atoms in total.